The Morgan fingerprint density at radius 2 is 2.00 bits per heavy atom. The Bertz CT molecular complexity index is 780. The summed E-state index contributed by atoms with van der Waals surface area (Å²) in [5.74, 6) is -0.628. The molecule has 0 aliphatic carbocycles. The highest BCUT2D eigenvalue weighted by atomic mass is 79.9. The zero-order valence-corrected chi connectivity index (χ0v) is 15.7. The fourth-order valence-electron chi connectivity index (χ4n) is 1.80. The fraction of sp³-hybridized carbons (Fsp3) is 0.125. The number of phenols is 1. The zero-order valence-electron chi connectivity index (χ0n) is 12.5. The molecule has 0 spiro atoms. The molecule has 0 radical (unpaired) electrons. The number of halogens is 3. The van der Waals surface area contributed by atoms with Gasteiger partial charge in [0.05, 0.1) is 17.3 Å². The summed E-state index contributed by atoms with van der Waals surface area (Å²) in [6, 6.07) is 6.70. The van der Waals surface area contributed by atoms with E-state index in [4.69, 9.17) is 4.74 Å². The Hall–Kier alpha value is -1.93. The first kappa shape index (κ1) is 18.4. The number of carbonyl (C=O) groups is 1. The van der Waals surface area contributed by atoms with Crippen LogP contribution in [0.1, 0.15) is 22.8 Å². The van der Waals surface area contributed by atoms with Crippen molar-refractivity contribution < 1.29 is 19.0 Å². The normalized spacial score (nSPS) is 10.8. The smallest absolute Gasteiger partial charge is 0.271 e. The summed E-state index contributed by atoms with van der Waals surface area (Å²) in [5.41, 5.74) is 3.22. The molecular formula is C16H13Br2FN2O3. The van der Waals surface area contributed by atoms with Crippen molar-refractivity contribution in [3.05, 3.63) is 56.2 Å². The Morgan fingerprint density at radius 3 is 2.62 bits per heavy atom. The number of rotatable bonds is 5. The number of nitrogens with zero attached hydrogens (tertiary/aromatic N) is 1. The molecule has 2 N–H and O–H groups in total. The number of ether oxygens (including phenoxy) is 1. The molecule has 0 fully saturated rings. The zero-order chi connectivity index (χ0) is 17.7. The van der Waals surface area contributed by atoms with Crippen LogP contribution >= 0.6 is 31.9 Å². The molecule has 0 bridgehead atoms. The predicted molar refractivity (Wildman–Crippen MR) is 96.1 cm³/mol. The fourth-order valence-corrected chi connectivity index (χ4v) is 2.63. The highest BCUT2D eigenvalue weighted by Gasteiger charge is 2.14. The number of benzene rings is 2. The summed E-state index contributed by atoms with van der Waals surface area (Å²) in [6.07, 6.45) is 1.40. The molecule has 0 atom stereocenters. The number of hydrogen-bond donors (Lipinski definition) is 2. The third kappa shape index (κ3) is 4.33. The summed E-state index contributed by atoms with van der Waals surface area (Å²) in [4.78, 5) is 11.9. The highest BCUT2D eigenvalue weighted by molar-refractivity contribution is 9.13. The molecule has 0 saturated carbocycles. The first-order valence-corrected chi connectivity index (χ1v) is 8.45. The number of nitrogens with one attached hydrogen (secondary N) is 1. The largest absolute Gasteiger partial charge is 0.503 e. The van der Waals surface area contributed by atoms with Crippen LogP contribution in [0.3, 0.4) is 0 Å². The quantitative estimate of drug-likeness (QED) is 0.519. The standard InChI is InChI=1S/C16H13Br2FN2O3/c1-2-24-12-7-10(13(17)14(18)15(12)22)8-20-21-16(23)9-3-5-11(19)6-4-9/h3-8,22H,2H2,1H3,(H,21,23)/b20-8-. The molecule has 2 aromatic rings. The van der Waals surface area contributed by atoms with E-state index in [1.54, 1.807) is 13.0 Å². The Morgan fingerprint density at radius 1 is 1.33 bits per heavy atom. The van der Waals surface area contributed by atoms with E-state index in [0.29, 0.717) is 26.9 Å². The number of hydrogen-bond acceptors (Lipinski definition) is 4. The van der Waals surface area contributed by atoms with Crippen molar-refractivity contribution in [3.8, 4) is 11.5 Å². The van der Waals surface area contributed by atoms with Crippen LogP contribution in [-0.4, -0.2) is 23.8 Å². The van der Waals surface area contributed by atoms with Gasteiger partial charge in [0.2, 0.25) is 0 Å². The number of amides is 1. The van der Waals surface area contributed by atoms with Crippen molar-refractivity contribution in [2.45, 2.75) is 6.92 Å². The minimum absolute atomic E-state index is 0.0313. The maximum absolute atomic E-state index is 12.8. The van der Waals surface area contributed by atoms with E-state index in [1.165, 1.54) is 30.5 Å². The molecule has 24 heavy (non-hydrogen) atoms. The molecule has 0 aliphatic rings. The molecule has 2 rings (SSSR count). The number of hydrazone groups is 1. The average Bonchev–Trinajstić information content (AvgIpc) is 2.57. The van der Waals surface area contributed by atoms with Gasteiger partial charge in [0.25, 0.3) is 5.91 Å². The minimum Gasteiger partial charge on any atom is -0.503 e. The molecule has 0 unspecified atom stereocenters. The second-order valence-corrected chi connectivity index (χ2v) is 6.17. The SMILES string of the molecule is CCOc1cc(/C=N\NC(=O)c2ccc(F)cc2)c(Br)c(Br)c1O. The Labute approximate surface area is 154 Å². The van der Waals surface area contributed by atoms with Gasteiger partial charge in [0, 0.05) is 15.6 Å². The first-order chi connectivity index (χ1) is 11.4. The average molecular weight is 460 g/mol. The van der Waals surface area contributed by atoms with E-state index in [-0.39, 0.29) is 11.3 Å². The summed E-state index contributed by atoms with van der Waals surface area (Å²) < 4.78 is 19.1. The lowest BCUT2D eigenvalue weighted by Crippen LogP contribution is -2.17. The molecule has 8 heteroatoms. The monoisotopic (exact) mass is 458 g/mol. The van der Waals surface area contributed by atoms with Crippen LogP contribution in [0.4, 0.5) is 4.39 Å². The Kier molecular flexibility index (Phi) is 6.33. The van der Waals surface area contributed by atoms with Crippen molar-refractivity contribution in [2.75, 3.05) is 6.61 Å². The van der Waals surface area contributed by atoms with Crippen molar-refractivity contribution in [2.24, 2.45) is 5.10 Å². The summed E-state index contributed by atoms with van der Waals surface area (Å²) >= 11 is 6.58. The van der Waals surface area contributed by atoms with Gasteiger partial charge in [-0.1, -0.05) is 0 Å². The minimum atomic E-state index is -0.467. The van der Waals surface area contributed by atoms with Gasteiger partial charge < -0.3 is 9.84 Å². The summed E-state index contributed by atoms with van der Waals surface area (Å²) in [6.45, 7) is 2.19. The van der Waals surface area contributed by atoms with E-state index in [1.807, 2.05) is 0 Å². The second-order valence-electron chi connectivity index (χ2n) is 4.58. The van der Waals surface area contributed by atoms with Gasteiger partial charge in [-0.3, -0.25) is 4.79 Å². The third-order valence-corrected chi connectivity index (χ3v) is 5.11. The summed E-state index contributed by atoms with van der Waals surface area (Å²) in [5, 5.41) is 13.8. The van der Waals surface area contributed by atoms with Crippen LogP contribution in [0.25, 0.3) is 0 Å². The lowest BCUT2D eigenvalue weighted by atomic mass is 10.2. The number of phenolic OH excluding ortho intramolecular Hbond substituents is 1. The van der Waals surface area contributed by atoms with Crippen LogP contribution in [0.15, 0.2) is 44.4 Å². The van der Waals surface area contributed by atoms with Gasteiger partial charge in [0.15, 0.2) is 11.5 Å². The van der Waals surface area contributed by atoms with Gasteiger partial charge >= 0.3 is 0 Å². The van der Waals surface area contributed by atoms with Crippen LogP contribution in [0.2, 0.25) is 0 Å². The summed E-state index contributed by atoms with van der Waals surface area (Å²) in [7, 11) is 0. The van der Waals surface area contributed by atoms with Crippen LogP contribution in [0.5, 0.6) is 11.5 Å². The van der Waals surface area contributed by atoms with Crippen molar-refractivity contribution in [1.82, 2.24) is 5.43 Å². The van der Waals surface area contributed by atoms with Gasteiger partial charge in [-0.15, -0.1) is 0 Å². The molecule has 0 aromatic heterocycles. The van der Waals surface area contributed by atoms with E-state index in [9.17, 15) is 14.3 Å². The van der Waals surface area contributed by atoms with Crippen LogP contribution < -0.4 is 10.2 Å². The lowest BCUT2D eigenvalue weighted by Gasteiger charge is -2.10. The van der Waals surface area contributed by atoms with Gasteiger partial charge in [-0.05, 0) is 69.1 Å². The van der Waals surface area contributed by atoms with Gasteiger partial charge in [-0.2, -0.15) is 5.10 Å². The van der Waals surface area contributed by atoms with Gasteiger partial charge in [0.1, 0.15) is 5.82 Å². The van der Waals surface area contributed by atoms with Crippen molar-refractivity contribution in [1.29, 1.82) is 0 Å². The Balaban J connectivity index is 2.16. The lowest BCUT2D eigenvalue weighted by molar-refractivity contribution is 0.0955. The van der Waals surface area contributed by atoms with Crippen LogP contribution in [0, 0.1) is 5.82 Å². The van der Waals surface area contributed by atoms with Crippen molar-refractivity contribution >= 4 is 44.0 Å². The molecule has 1 amide bonds. The molecule has 126 valence electrons. The first-order valence-electron chi connectivity index (χ1n) is 6.86. The molecule has 0 saturated heterocycles. The molecule has 0 heterocycles. The maximum atomic E-state index is 12.8. The maximum Gasteiger partial charge on any atom is 0.271 e. The predicted octanol–water partition coefficient (Wildman–Crippen LogP) is 4.22. The topological polar surface area (TPSA) is 70.9 Å². The van der Waals surface area contributed by atoms with Crippen LogP contribution in [-0.2, 0) is 0 Å². The number of carbonyl (C=O) groups excluding carboxylic acids is 1. The molecule has 5 nitrogen and oxygen atoms in total. The third-order valence-electron chi connectivity index (χ3n) is 2.95. The molecular weight excluding hydrogens is 447 g/mol. The second kappa shape index (κ2) is 8.25. The van der Waals surface area contributed by atoms with E-state index < -0.39 is 11.7 Å². The molecule has 2 aromatic carbocycles. The van der Waals surface area contributed by atoms with Gasteiger partial charge in [-0.25, -0.2) is 9.82 Å². The van der Waals surface area contributed by atoms with E-state index in [2.05, 4.69) is 42.4 Å². The molecule has 0 aliphatic heterocycles. The number of aromatic hydroxyl groups is 1. The van der Waals surface area contributed by atoms with Crippen molar-refractivity contribution in [3.63, 3.8) is 0 Å². The highest BCUT2D eigenvalue weighted by Crippen LogP contribution is 2.41. The van der Waals surface area contributed by atoms with E-state index in [0.717, 1.165) is 0 Å². The van der Waals surface area contributed by atoms with E-state index >= 15 is 0 Å².